The first-order valence-corrected chi connectivity index (χ1v) is 6.39. The fourth-order valence-corrected chi connectivity index (χ4v) is 2.18. The molecule has 3 aromatic rings. The van der Waals surface area contributed by atoms with Crippen molar-refractivity contribution >= 4 is 23.4 Å². The minimum atomic E-state index is 0.350. The normalized spacial score (nSPS) is 10.9. The minimum Gasteiger partial charge on any atom is -0.619 e. The van der Waals surface area contributed by atoms with Crippen molar-refractivity contribution in [2.75, 3.05) is 0 Å². The summed E-state index contributed by atoms with van der Waals surface area (Å²) in [5.41, 5.74) is 8.73. The van der Waals surface area contributed by atoms with Crippen LogP contribution in [0.1, 0.15) is 5.56 Å². The Morgan fingerprint density at radius 1 is 1.24 bits per heavy atom. The maximum atomic E-state index is 11.2. The largest absolute Gasteiger partial charge is 0.619 e. The van der Waals surface area contributed by atoms with Gasteiger partial charge in [-0.25, -0.2) is 4.98 Å². The molecule has 106 valence electrons. The Bertz CT molecular complexity index is 822. The van der Waals surface area contributed by atoms with E-state index in [0.717, 1.165) is 15.9 Å². The first-order chi connectivity index (χ1) is 10.1. The van der Waals surface area contributed by atoms with Crippen LogP contribution in [0.15, 0.2) is 42.5 Å². The lowest BCUT2D eigenvalue weighted by Gasteiger charge is -2.03. The fourth-order valence-electron chi connectivity index (χ4n) is 2.18. The topological polar surface area (TPSA) is 90.1 Å². The zero-order valence-corrected chi connectivity index (χ0v) is 11.2. The van der Waals surface area contributed by atoms with Gasteiger partial charge in [-0.1, -0.05) is 24.3 Å². The standard InChI is InChI=1S/C15H14N4O2/c1-18(20)12-6-7-13-14(8-12)19(21)15(17-13)11-4-2-10(9-16)3-5-11/h2-8,21H,1,9,16H2. The molecule has 0 unspecified atom stereocenters. The molecule has 3 N–H and O–H groups in total. The van der Waals surface area contributed by atoms with Gasteiger partial charge in [0.25, 0.3) is 0 Å². The molecule has 0 radical (unpaired) electrons. The highest BCUT2D eigenvalue weighted by atomic mass is 16.5. The number of aromatic nitrogens is 2. The quantitative estimate of drug-likeness (QED) is 0.253. The average molecular weight is 282 g/mol. The third-order valence-electron chi connectivity index (χ3n) is 3.35. The number of benzene rings is 2. The van der Waals surface area contributed by atoms with Crippen molar-refractivity contribution in [2.45, 2.75) is 6.54 Å². The number of hydrogen-bond acceptors (Lipinski definition) is 4. The molecule has 6 heteroatoms. The highest BCUT2D eigenvalue weighted by Crippen LogP contribution is 2.26. The molecule has 0 fully saturated rings. The van der Waals surface area contributed by atoms with Crippen LogP contribution in [0.25, 0.3) is 22.4 Å². The van der Waals surface area contributed by atoms with Crippen LogP contribution in [-0.4, -0.2) is 26.4 Å². The Kier molecular flexibility index (Phi) is 3.08. The molecule has 0 aliphatic heterocycles. The molecule has 0 atom stereocenters. The Morgan fingerprint density at radius 2 is 1.95 bits per heavy atom. The summed E-state index contributed by atoms with van der Waals surface area (Å²) in [5.74, 6) is 0.409. The summed E-state index contributed by atoms with van der Waals surface area (Å²) in [7, 11) is 0. The summed E-state index contributed by atoms with van der Waals surface area (Å²) in [6.45, 7) is 3.74. The molecule has 6 nitrogen and oxygen atoms in total. The van der Waals surface area contributed by atoms with E-state index in [-0.39, 0.29) is 0 Å². The molecule has 0 saturated carbocycles. The molecule has 21 heavy (non-hydrogen) atoms. The van der Waals surface area contributed by atoms with Gasteiger partial charge in [0, 0.05) is 24.2 Å². The zero-order chi connectivity index (χ0) is 15.0. The summed E-state index contributed by atoms with van der Waals surface area (Å²) < 4.78 is 1.46. The van der Waals surface area contributed by atoms with Crippen molar-refractivity contribution in [3.8, 4) is 11.4 Å². The van der Waals surface area contributed by atoms with E-state index in [2.05, 4.69) is 11.7 Å². The van der Waals surface area contributed by atoms with Crippen LogP contribution in [0.3, 0.4) is 0 Å². The van der Waals surface area contributed by atoms with E-state index in [4.69, 9.17) is 5.73 Å². The predicted octanol–water partition coefficient (Wildman–Crippen LogP) is 2.24. The molecule has 0 aliphatic rings. The van der Waals surface area contributed by atoms with Gasteiger partial charge in [-0.3, -0.25) is 0 Å². The minimum absolute atomic E-state index is 0.350. The highest BCUT2D eigenvalue weighted by molar-refractivity contribution is 5.82. The number of fused-ring (bicyclic) bond motifs is 1. The molecule has 0 amide bonds. The number of imidazole rings is 1. The summed E-state index contributed by atoms with van der Waals surface area (Å²) in [4.78, 5) is 4.38. The van der Waals surface area contributed by atoms with E-state index >= 15 is 0 Å². The van der Waals surface area contributed by atoms with E-state index < -0.39 is 0 Å². The maximum absolute atomic E-state index is 11.2. The summed E-state index contributed by atoms with van der Waals surface area (Å²) in [6.07, 6.45) is 0. The third kappa shape index (κ3) is 2.21. The first kappa shape index (κ1) is 13.1. The van der Waals surface area contributed by atoms with Gasteiger partial charge in [0.05, 0.1) is 5.52 Å². The van der Waals surface area contributed by atoms with Crippen molar-refractivity contribution in [1.82, 2.24) is 9.71 Å². The van der Waals surface area contributed by atoms with Gasteiger partial charge in [-0.2, -0.15) is 9.47 Å². The van der Waals surface area contributed by atoms with Crippen LogP contribution in [-0.2, 0) is 6.54 Å². The number of nitrogens with zero attached hydrogens (tertiary/aromatic N) is 3. The van der Waals surface area contributed by atoms with Crippen LogP contribution in [0.5, 0.6) is 0 Å². The van der Waals surface area contributed by atoms with E-state index in [1.165, 1.54) is 0 Å². The van der Waals surface area contributed by atoms with Crippen LogP contribution >= 0.6 is 0 Å². The number of nitrogens with two attached hydrogens (primary N) is 1. The Labute approximate surface area is 120 Å². The van der Waals surface area contributed by atoms with Crippen molar-refractivity contribution in [2.24, 2.45) is 5.73 Å². The number of hydrogen-bond donors (Lipinski definition) is 2. The zero-order valence-electron chi connectivity index (χ0n) is 11.2. The molecule has 1 aromatic heterocycles. The van der Waals surface area contributed by atoms with Gasteiger partial charge in [-0.05, 0) is 11.6 Å². The van der Waals surface area contributed by atoms with E-state index in [0.29, 0.717) is 33.8 Å². The monoisotopic (exact) mass is 282 g/mol. The molecule has 3 rings (SSSR count). The highest BCUT2D eigenvalue weighted by Gasteiger charge is 2.14. The van der Waals surface area contributed by atoms with Crippen LogP contribution in [0, 0.1) is 5.21 Å². The SMILES string of the molecule is C=[N+]([O-])c1ccc2nc(-c3ccc(CN)cc3)n(O)c2c1. The molecule has 0 aliphatic carbocycles. The van der Waals surface area contributed by atoms with E-state index in [1.54, 1.807) is 18.2 Å². The second kappa shape index (κ2) is 4.92. The molecule has 0 bridgehead atoms. The fraction of sp³-hybridized carbons (Fsp3) is 0.0667. The van der Waals surface area contributed by atoms with Crippen molar-refractivity contribution in [3.63, 3.8) is 0 Å². The third-order valence-corrected chi connectivity index (χ3v) is 3.35. The smallest absolute Gasteiger partial charge is 0.218 e. The summed E-state index contributed by atoms with van der Waals surface area (Å²) in [5, 5.41) is 21.5. The van der Waals surface area contributed by atoms with Gasteiger partial charge in [0.15, 0.2) is 5.82 Å². The molecule has 0 saturated heterocycles. The van der Waals surface area contributed by atoms with Crippen LogP contribution < -0.4 is 5.73 Å². The second-order valence-electron chi connectivity index (χ2n) is 4.70. The lowest BCUT2D eigenvalue weighted by molar-refractivity contribution is -0.349. The summed E-state index contributed by atoms with van der Waals surface area (Å²) in [6, 6.07) is 12.3. The lowest BCUT2D eigenvalue weighted by atomic mass is 10.1. The Morgan fingerprint density at radius 3 is 2.57 bits per heavy atom. The van der Waals surface area contributed by atoms with Gasteiger partial charge in [0.1, 0.15) is 12.2 Å². The van der Waals surface area contributed by atoms with E-state index in [1.807, 2.05) is 24.3 Å². The van der Waals surface area contributed by atoms with E-state index in [9.17, 15) is 10.4 Å². The first-order valence-electron chi connectivity index (χ1n) is 6.39. The molecule has 0 spiro atoms. The lowest BCUT2D eigenvalue weighted by Crippen LogP contribution is -1.97. The van der Waals surface area contributed by atoms with Crippen molar-refractivity contribution in [3.05, 3.63) is 53.2 Å². The Balaban J connectivity index is 2.14. The predicted molar refractivity (Wildman–Crippen MR) is 80.7 cm³/mol. The molecular formula is C15H14N4O2. The van der Waals surface area contributed by atoms with Gasteiger partial charge < -0.3 is 16.1 Å². The van der Waals surface area contributed by atoms with Crippen molar-refractivity contribution < 1.29 is 9.95 Å². The Hall–Kier alpha value is -2.86. The molecular weight excluding hydrogens is 268 g/mol. The van der Waals surface area contributed by atoms with Gasteiger partial charge in [0.2, 0.25) is 5.69 Å². The number of rotatable bonds is 3. The average Bonchev–Trinajstić information content (AvgIpc) is 2.84. The second-order valence-corrected chi connectivity index (χ2v) is 4.70. The maximum Gasteiger partial charge on any atom is 0.218 e. The van der Waals surface area contributed by atoms with Gasteiger partial charge >= 0.3 is 0 Å². The summed E-state index contributed by atoms with van der Waals surface area (Å²) >= 11 is 0. The van der Waals surface area contributed by atoms with Crippen LogP contribution in [0.2, 0.25) is 0 Å². The van der Waals surface area contributed by atoms with Crippen LogP contribution in [0.4, 0.5) is 5.69 Å². The molecule has 1 heterocycles. The molecule has 2 aromatic carbocycles. The van der Waals surface area contributed by atoms with Crippen molar-refractivity contribution in [1.29, 1.82) is 0 Å². The van der Waals surface area contributed by atoms with Gasteiger partial charge in [-0.15, -0.1) is 0 Å².